The minimum absolute atomic E-state index is 0.143. The SMILES string of the molecule is CCNC(Cc1ccccc1Cl)c1cc(Br)ccc1Cl. The van der Waals surface area contributed by atoms with Crippen molar-refractivity contribution < 1.29 is 0 Å². The second-order valence-corrected chi connectivity index (χ2v) is 6.30. The Hall–Kier alpha value is -0.540. The standard InChI is InChI=1S/C16H16BrCl2N/c1-2-20-16(9-11-5-3-4-6-14(11)18)13-10-12(17)7-8-15(13)19/h3-8,10,16,20H,2,9H2,1H3. The first-order valence-electron chi connectivity index (χ1n) is 6.53. The van der Waals surface area contributed by atoms with Crippen molar-refractivity contribution in [2.45, 2.75) is 19.4 Å². The molecule has 0 aliphatic heterocycles. The Kier molecular flexibility index (Phi) is 5.91. The molecule has 0 saturated heterocycles. The summed E-state index contributed by atoms with van der Waals surface area (Å²) in [6.07, 6.45) is 0.809. The summed E-state index contributed by atoms with van der Waals surface area (Å²) in [5.74, 6) is 0. The molecular formula is C16H16BrCl2N. The van der Waals surface area contributed by atoms with Crippen molar-refractivity contribution in [3.8, 4) is 0 Å². The lowest BCUT2D eigenvalue weighted by Gasteiger charge is -2.20. The first kappa shape index (κ1) is 15.8. The van der Waals surface area contributed by atoms with Gasteiger partial charge in [-0.1, -0.05) is 64.3 Å². The maximum absolute atomic E-state index is 6.34. The van der Waals surface area contributed by atoms with Gasteiger partial charge in [-0.2, -0.15) is 0 Å². The molecule has 0 heterocycles. The van der Waals surface area contributed by atoms with Crippen LogP contribution in [0.1, 0.15) is 24.1 Å². The molecule has 2 rings (SSSR count). The van der Waals surface area contributed by atoms with Crippen LogP contribution in [0.3, 0.4) is 0 Å². The van der Waals surface area contributed by atoms with Crippen LogP contribution < -0.4 is 5.32 Å². The third-order valence-electron chi connectivity index (χ3n) is 3.17. The molecule has 1 unspecified atom stereocenters. The molecule has 0 spiro atoms. The zero-order valence-electron chi connectivity index (χ0n) is 11.2. The maximum Gasteiger partial charge on any atom is 0.0454 e. The highest BCUT2D eigenvalue weighted by atomic mass is 79.9. The summed E-state index contributed by atoms with van der Waals surface area (Å²) in [4.78, 5) is 0. The normalized spacial score (nSPS) is 12.4. The average molecular weight is 373 g/mol. The Morgan fingerprint density at radius 2 is 1.85 bits per heavy atom. The summed E-state index contributed by atoms with van der Waals surface area (Å²) in [6.45, 7) is 2.96. The van der Waals surface area contributed by atoms with Gasteiger partial charge in [-0.15, -0.1) is 0 Å². The largest absolute Gasteiger partial charge is 0.310 e. The summed E-state index contributed by atoms with van der Waals surface area (Å²) in [5, 5.41) is 5.04. The van der Waals surface area contributed by atoms with E-state index in [4.69, 9.17) is 23.2 Å². The molecule has 20 heavy (non-hydrogen) atoms. The number of rotatable bonds is 5. The number of hydrogen-bond acceptors (Lipinski definition) is 1. The van der Waals surface area contributed by atoms with Crippen LogP contribution >= 0.6 is 39.1 Å². The Morgan fingerprint density at radius 1 is 1.10 bits per heavy atom. The van der Waals surface area contributed by atoms with Crippen LogP contribution in [0.15, 0.2) is 46.9 Å². The third kappa shape index (κ3) is 3.98. The molecule has 1 N–H and O–H groups in total. The predicted octanol–water partition coefficient (Wildman–Crippen LogP) is 5.65. The molecule has 4 heteroatoms. The van der Waals surface area contributed by atoms with E-state index >= 15 is 0 Å². The molecule has 0 amide bonds. The van der Waals surface area contributed by atoms with E-state index in [1.54, 1.807) is 0 Å². The molecule has 0 fully saturated rings. The van der Waals surface area contributed by atoms with Crippen LogP contribution in [0, 0.1) is 0 Å². The Labute approximate surface area is 138 Å². The van der Waals surface area contributed by atoms with Crippen molar-refractivity contribution in [1.29, 1.82) is 0 Å². The maximum atomic E-state index is 6.34. The molecule has 2 aromatic rings. The van der Waals surface area contributed by atoms with E-state index in [9.17, 15) is 0 Å². The Balaban J connectivity index is 2.32. The van der Waals surface area contributed by atoms with Gasteiger partial charge in [-0.25, -0.2) is 0 Å². The molecule has 0 bridgehead atoms. The van der Waals surface area contributed by atoms with Crippen LogP contribution in [0.5, 0.6) is 0 Å². The zero-order chi connectivity index (χ0) is 14.5. The van der Waals surface area contributed by atoms with Crippen molar-refractivity contribution in [2.75, 3.05) is 6.54 Å². The lowest BCUT2D eigenvalue weighted by molar-refractivity contribution is 0.550. The molecule has 0 aliphatic rings. The number of likely N-dealkylation sites (N-methyl/N-ethyl adjacent to an activating group) is 1. The minimum atomic E-state index is 0.143. The van der Waals surface area contributed by atoms with Crippen molar-refractivity contribution in [1.82, 2.24) is 5.32 Å². The quantitative estimate of drug-likeness (QED) is 0.714. The summed E-state index contributed by atoms with van der Waals surface area (Å²) in [6, 6.07) is 14.0. The van der Waals surface area contributed by atoms with Crippen molar-refractivity contribution >= 4 is 39.1 Å². The van der Waals surface area contributed by atoms with Gasteiger partial charge < -0.3 is 5.32 Å². The first-order chi connectivity index (χ1) is 9.61. The minimum Gasteiger partial charge on any atom is -0.310 e. The van der Waals surface area contributed by atoms with Gasteiger partial charge in [-0.05, 0) is 48.4 Å². The molecular weight excluding hydrogens is 357 g/mol. The highest BCUT2D eigenvalue weighted by Gasteiger charge is 2.16. The highest BCUT2D eigenvalue weighted by molar-refractivity contribution is 9.10. The zero-order valence-corrected chi connectivity index (χ0v) is 14.3. The smallest absolute Gasteiger partial charge is 0.0454 e. The van der Waals surface area contributed by atoms with E-state index in [0.29, 0.717) is 0 Å². The number of nitrogens with one attached hydrogen (secondary N) is 1. The summed E-state index contributed by atoms with van der Waals surface area (Å²) in [5.41, 5.74) is 2.21. The van der Waals surface area contributed by atoms with Crippen LogP contribution in [0.25, 0.3) is 0 Å². The fourth-order valence-electron chi connectivity index (χ4n) is 2.20. The van der Waals surface area contributed by atoms with Crippen molar-refractivity contribution in [3.63, 3.8) is 0 Å². The van der Waals surface area contributed by atoms with Gasteiger partial charge in [0.25, 0.3) is 0 Å². The predicted molar refractivity (Wildman–Crippen MR) is 90.7 cm³/mol. The summed E-state index contributed by atoms with van der Waals surface area (Å²) in [7, 11) is 0. The molecule has 1 atom stereocenters. The van der Waals surface area contributed by atoms with Gasteiger partial charge in [0.2, 0.25) is 0 Å². The summed E-state index contributed by atoms with van der Waals surface area (Å²) < 4.78 is 1.03. The van der Waals surface area contributed by atoms with Crippen LogP contribution in [-0.2, 0) is 6.42 Å². The lowest BCUT2D eigenvalue weighted by Crippen LogP contribution is -2.23. The molecule has 1 nitrogen and oxygen atoms in total. The number of hydrogen-bond donors (Lipinski definition) is 1. The topological polar surface area (TPSA) is 12.0 Å². The van der Waals surface area contributed by atoms with Crippen LogP contribution in [-0.4, -0.2) is 6.54 Å². The first-order valence-corrected chi connectivity index (χ1v) is 8.08. The van der Waals surface area contributed by atoms with E-state index in [1.165, 1.54) is 0 Å². The van der Waals surface area contributed by atoms with Gasteiger partial charge in [-0.3, -0.25) is 0 Å². The van der Waals surface area contributed by atoms with Crippen LogP contribution in [0.4, 0.5) is 0 Å². The van der Waals surface area contributed by atoms with Crippen molar-refractivity contribution in [2.24, 2.45) is 0 Å². The van der Waals surface area contributed by atoms with Gasteiger partial charge in [0.1, 0.15) is 0 Å². The lowest BCUT2D eigenvalue weighted by atomic mass is 9.98. The van der Waals surface area contributed by atoms with E-state index in [1.807, 2.05) is 30.3 Å². The third-order valence-corrected chi connectivity index (χ3v) is 4.37. The van der Waals surface area contributed by atoms with Crippen molar-refractivity contribution in [3.05, 3.63) is 68.1 Å². The van der Waals surface area contributed by atoms with E-state index < -0.39 is 0 Å². The molecule has 0 aliphatic carbocycles. The van der Waals surface area contributed by atoms with E-state index in [2.05, 4.69) is 40.3 Å². The number of benzene rings is 2. The number of halogens is 3. The van der Waals surface area contributed by atoms with Gasteiger partial charge in [0, 0.05) is 20.6 Å². The Bertz CT molecular complexity index is 586. The molecule has 0 saturated carbocycles. The van der Waals surface area contributed by atoms with Gasteiger partial charge in [0.15, 0.2) is 0 Å². The fraction of sp³-hybridized carbons (Fsp3) is 0.250. The molecule has 0 radical (unpaired) electrons. The Morgan fingerprint density at radius 3 is 2.55 bits per heavy atom. The average Bonchev–Trinajstić information content (AvgIpc) is 2.43. The highest BCUT2D eigenvalue weighted by Crippen LogP contribution is 2.30. The van der Waals surface area contributed by atoms with E-state index in [0.717, 1.165) is 38.6 Å². The van der Waals surface area contributed by atoms with Gasteiger partial charge >= 0.3 is 0 Å². The summed E-state index contributed by atoms with van der Waals surface area (Å²) >= 11 is 16.1. The second-order valence-electron chi connectivity index (χ2n) is 4.57. The molecule has 2 aromatic carbocycles. The fourth-order valence-corrected chi connectivity index (χ4v) is 3.04. The van der Waals surface area contributed by atoms with E-state index in [-0.39, 0.29) is 6.04 Å². The van der Waals surface area contributed by atoms with Crippen LogP contribution in [0.2, 0.25) is 10.0 Å². The second kappa shape index (κ2) is 7.46. The molecule has 106 valence electrons. The monoisotopic (exact) mass is 371 g/mol. The molecule has 0 aromatic heterocycles. The van der Waals surface area contributed by atoms with Gasteiger partial charge in [0.05, 0.1) is 0 Å².